The summed E-state index contributed by atoms with van der Waals surface area (Å²) in [6, 6.07) is 11.0. The quantitative estimate of drug-likeness (QED) is 0.266. The molecule has 140 valence electrons. The second kappa shape index (κ2) is 12.3. The molecule has 1 aliphatic rings. The normalized spacial score (nSPS) is 18.8. The van der Waals surface area contributed by atoms with Crippen molar-refractivity contribution in [1.29, 1.82) is 0 Å². The van der Waals surface area contributed by atoms with E-state index in [0.717, 1.165) is 11.8 Å². The maximum atomic E-state index is 2.61. The molecular formula is C25H40. The van der Waals surface area contributed by atoms with Gasteiger partial charge in [-0.1, -0.05) is 101 Å². The van der Waals surface area contributed by atoms with E-state index in [-0.39, 0.29) is 0 Å². The molecule has 0 bridgehead atoms. The number of hydrogen-bond donors (Lipinski definition) is 0. The van der Waals surface area contributed by atoms with Crippen LogP contribution in [0.4, 0.5) is 0 Å². The first-order chi connectivity index (χ1) is 12.3. The molecule has 1 aromatic carbocycles. The van der Waals surface area contributed by atoms with Crippen molar-refractivity contribution in [1.82, 2.24) is 0 Å². The first-order valence-corrected chi connectivity index (χ1v) is 11.0. The zero-order valence-electron chi connectivity index (χ0n) is 16.8. The van der Waals surface area contributed by atoms with E-state index in [2.05, 4.69) is 50.3 Å². The summed E-state index contributed by atoms with van der Waals surface area (Å²) >= 11 is 0. The number of unbranched alkanes of at least 4 members (excludes halogenated alkanes) is 5. The summed E-state index contributed by atoms with van der Waals surface area (Å²) in [5.41, 5.74) is 3.25. The summed E-state index contributed by atoms with van der Waals surface area (Å²) < 4.78 is 0. The fraction of sp³-hybridized carbons (Fsp3) is 0.680. The summed E-state index contributed by atoms with van der Waals surface area (Å²) in [6.07, 6.45) is 20.8. The first kappa shape index (κ1) is 20.3. The molecule has 0 heteroatoms. The van der Waals surface area contributed by atoms with Gasteiger partial charge < -0.3 is 0 Å². The Balaban J connectivity index is 1.57. The van der Waals surface area contributed by atoms with Crippen molar-refractivity contribution in [3.05, 3.63) is 47.5 Å². The molecular weight excluding hydrogens is 300 g/mol. The minimum absolute atomic E-state index is 0.790. The lowest BCUT2D eigenvalue weighted by molar-refractivity contribution is 0.396. The molecule has 0 N–H and O–H groups in total. The van der Waals surface area contributed by atoms with Gasteiger partial charge in [0.25, 0.3) is 0 Å². The highest BCUT2D eigenvalue weighted by molar-refractivity contribution is 5.15. The zero-order chi connectivity index (χ0) is 17.7. The third-order valence-electron chi connectivity index (χ3n) is 6.10. The standard InChI is InChI=1S/C25H40/c1-3-4-5-6-7-9-16-24-18-20-25(21-19-24)22(2)13-12-17-23-14-10-8-11-15-23/h8,10-11,14-15,20,22,24H,3-7,9,12-13,16-19,21H2,1-2H3. The fourth-order valence-corrected chi connectivity index (χ4v) is 4.27. The molecule has 0 radical (unpaired) electrons. The fourth-order valence-electron chi connectivity index (χ4n) is 4.27. The third-order valence-corrected chi connectivity index (χ3v) is 6.10. The molecule has 0 saturated heterocycles. The predicted octanol–water partition coefficient (Wildman–Crippen LogP) is 8.12. The van der Waals surface area contributed by atoms with Gasteiger partial charge in [-0.05, 0) is 55.9 Å². The lowest BCUT2D eigenvalue weighted by Crippen LogP contribution is -2.10. The second-order valence-corrected chi connectivity index (χ2v) is 8.25. The maximum Gasteiger partial charge on any atom is -0.0232 e. The Hall–Kier alpha value is -1.04. The van der Waals surface area contributed by atoms with Crippen molar-refractivity contribution in [3.63, 3.8) is 0 Å². The third kappa shape index (κ3) is 8.25. The van der Waals surface area contributed by atoms with E-state index in [1.807, 2.05) is 0 Å². The highest BCUT2D eigenvalue weighted by Crippen LogP contribution is 2.33. The second-order valence-electron chi connectivity index (χ2n) is 8.25. The smallest absolute Gasteiger partial charge is 0.0232 e. The van der Waals surface area contributed by atoms with Crippen molar-refractivity contribution >= 4 is 0 Å². The molecule has 0 aromatic heterocycles. The topological polar surface area (TPSA) is 0 Å². The van der Waals surface area contributed by atoms with Gasteiger partial charge in [-0.15, -0.1) is 0 Å². The molecule has 1 aliphatic carbocycles. The van der Waals surface area contributed by atoms with Crippen molar-refractivity contribution in [3.8, 4) is 0 Å². The molecule has 0 aliphatic heterocycles. The Morgan fingerprint density at radius 1 is 0.960 bits per heavy atom. The van der Waals surface area contributed by atoms with Gasteiger partial charge in [-0.2, -0.15) is 0 Å². The van der Waals surface area contributed by atoms with Crippen LogP contribution in [0, 0.1) is 11.8 Å². The van der Waals surface area contributed by atoms with Crippen LogP contribution in [0.25, 0.3) is 0 Å². The van der Waals surface area contributed by atoms with Gasteiger partial charge >= 0.3 is 0 Å². The Morgan fingerprint density at radius 2 is 1.72 bits per heavy atom. The molecule has 2 rings (SSSR count). The van der Waals surface area contributed by atoms with Crippen molar-refractivity contribution in [2.24, 2.45) is 11.8 Å². The van der Waals surface area contributed by atoms with Gasteiger partial charge in [0.2, 0.25) is 0 Å². The first-order valence-electron chi connectivity index (χ1n) is 11.0. The molecule has 2 atom stereocenters. The zero-order valence-corrected chi connectivity index (χ0v) is 16.8. The SMILES string of the molecule is CCCCCCCCC1CC=C(C(C)CCCc2ccccc2)CC1. The van der Waals surface area contributed by atoms with Crippen molar-refractivity contribution in [2.45, 2.75) is 97.3 Å². The van der Waals surface area contributed by atoms with E-state index < -0.39 is 0 Å². The van der Waals surface area contributed by atoms with Crippen LogP contribution in [0.1, 0.15) is 96.5 Å². The van der Waals surface area contributed by atoms with E-state index in [0.29, 0.717) is 0 Å². The average molecular weight is 341 g/mol. The van der Waals surface area contributed by atoms with Crippen LogP contribution >= 0.6 is 0 Å². The van der Waals surface area contributed by atoms with E-state index in [1.54, 1.807) is 5.57 Å². The number of benzene rings is 1. The van der Waals surface area contributed by atoms with Gasteiger partial charge in [-0.3, -0.25) is 0 Å². The lowest BCUT2D eigenvalue weighted by atomic mass is 9.81. The van der Waals surface area contributed by atoms with Gasteiger partial charge in [0.1, 0.15) is 0 Å². The van der Waals surface area contributed by atoms with E-state index in [9.17, 15) is 0 Å². The molecule has 25 heavy (non-hydrogen) atoms. The summed E-state index contributed by atoms with van der Waals surface area (Å²) in [7, 11) is 0. The van der Waals surface area contributed by atoms with Gasteiger partial charge in [0, 0.05) is 0 Å². The molecule has 0 saturated carbocycles. The molecule has 0 amide bonds. The van der Waals surface area contributed by atoms with E-state index in [1.165, 1.54) is 89.0 Å². The summed E-state index contributed by atoms with van der Waals surface area (Å²) in [6.45, 7) is 4.75. The summed E-state index contributed by atoms with van der Waals surface area (Å²) in [5, 5.41) is 0. The van der Waals surface area contributed by atoms with Gasteiger partial charge in [0.15, 0.2) is 0 Å². The number of allylic oxidation sites excluding steroid dienone is 2. The van der Waals surface area contributed by atoms with Crippen LogP contribution < -0.4 is 0 Å². The average Bonchev–Trinajstić information content (AvgIpc) is 2.66. The summed E-state index contributed by atoms with van der Waals surface area (Å²) in [5.74, 6) is 1.77. The minimum Gasteiger partial charge on any atom is -0.0848 e. The van der Waals surface area contributed by atoms with Crippen LogP contribution in [0.15, 0.2) is 42.0 Å². The van der Waals surface area contributed by atoms with Crippen LogP contribution in [-0.4, -0.2) is 0 Å². The van der Waals surface area contributed by atoms with Crippen LogP contribution in [-0.2, 0) is 6.42 Å². The largest absolute Gasteiger partial charge is 0.0848 e. The number of aryl methyl sites for hydroxylation is 1. The molecule has 0 fully saturated rings. The number of rotatable bonds is 12. The Bertz CT molecular complexity index is 470. The lowest BCUT2D eigenvalue weighted by Gasteiger charge is -2.25. The molecule has 1 aromatic rings. The number of hydrogen-bond acceptors (Lipinski definition) is 0. The van der Waals surface area contributed by atoms with Crippen LogP contribution in [0.3, 0.4) is 0 Å². The van der Waals surface area contributed by atoms with Gasteiger partial charge in [-0.25, -0.2) is 0 Å². The van der Waals surface area contributed by atoms with Crippen LogP contribution in [0.5, 0.6) is 0 Å². The maximum absolute atomic E-state index is 2.61. The Kier molecular flexibility index (Phi) is 10.0. The molecule has 0 heterocycles. The van der Waals surface area contributed by atoms with Crippen molar-refractivity contribution < 1.29 is 0 Å². The molecule has 0 spiro atoms. The van der Waals surface area contributed by atoms with Gasteiger partial charge in [0.05, 0.1) is 0 Å². The Morgan fingerprint density at radius 3 is 2.44 bits per heavy atom. The van der Waals surface area contributed by atoms with Crippen molar-refractivity contribution in [2.75, 3.05) is 0 Å². The van der Waals surface area contributed by atoms with E-state index >= 15 is 0 Å². The molecule has 2 unspecified atom stereocenters. The Labute approximate surface area is 157 Å². The minimum atomic E-state index is 0.790. The van der Waals surface area contributed by atoms with E-state index in [4.69, 9.17) is 0 Å². The van der Waals surface area contributed by atoms with Crippen LogP contribution in [0.2, 0.25) is 0 Å². The summed E-state index contributed by atoms with van der Waals surface area (Å²) in [4.78, 5) is 0. The monoisotopic (exact) mass is 340 g/mol. The molecule has 0 nitrogen and oxygen atoms in total. The predicted molar refractivity (Wildman–Crippen MR) is 112 cm³/mol. The highest BCUT2D eigenvalue weighted by Gasteiger charge is 2.17. The highest BCUT2D eigenvalue weighted by atomic mass is 14.2.